The molecule has 74 valence electrons. The van der Waals surface area contributed by atoms with E-state index in [4.69, 9.17) is 5.11 Å². The van der Waals surface area contributed by atoms with E-state index in [0.29, 0.717) is 13.1 Å². The van der Waals surface area contributed by atoms with Gasteiger partial charge in [-0.05, 0) is 19.8 Å². The van der Waals surface area contributed by atoms with Crippen LogP contribution in [0.1, 0.15) is 19.8 Å². The van der Waals surface area contributed by atoms with E-state index in [1.165, 1.54) is 0 Å². The first kappa shape index (κ1) is 9.83. The van der Waals surface area contributed by atoms with Crippen molar-refractivity contribution in [1.82, 2.24) is 9.80 Å². The SMILES string of the molecule is CCN(C(=O)O)C(=O)N1CCCC1. The van der Waals surface area contributed by atoms with Crippen LogP contribution in [0, 0.1) is 0 Å². The van der Waals surface area contributed by atoms with Crippen LogP contribution in [0.5, 0.6) is 0 Å². The molecule has 0 spiro atoms. The fourth-order valence-corrected chi connectivity index (χ4v) is 1.43. The van der Waals surface area contributed by atoms with Crippen molar-refractivity contribution in [2.24, 2.45) is 0 Å². The maximum Gasteiger partial charge on any atom is 0.415 e. The maximum atomic E-state index is 11.5. The number of nitrogens with zero attached hydrogens (tertiary/aromatic N) is 2. The van der Waals surface area contributed by atoms with Crippen LogP contribution < -0.4 is 0 Å². The second-order valence-corrected chi connectivity index (χ2v) is 3.00. The monoisotopic (exact) mass is 186 g/mol. The molecule has 0 atom stereocenters. The highest BCUT2D eigenvalue weighted by Gasteiger charge is 2.26. The number of carboxylic acid groups (broad SMARTS) is 1. The lowest BCUT2D eigenvalue weighted by Crippen LogP contribution is -2.44. The summed E-state index contributed by atoms with van der Waals surface area (Å²) in [5.41, 5.74) is 0. The Bertz CT molecular complexity index is 211. The van der Waals surface area contributed by atoms with Gasteiger partial charge in [0.25, 0.3) is 0 Å². The summed E-state index contributed by atoms with van der Waals surface area (Å²) >= 11 is 0. The van der Waals surface area contributed by atoms with Gasteiger partial charge in [-0.1, -0.05) is 0 Å². The third kappa shape index (κ3) is 2.11. The van der Waals surface area contributed by atoms with Crippen LogP contribution >= 0.6 is 0 Å². The Morgan fingerprint density at radius 3 is 2.31 bits per heavy atom. The molecule has 0 saturated carbocycles. The summed E-state index contributed by atoms with van der Waals surface area (Å²) in [4.78, 5) is 24.5. The van der Waals surface area contributed by atoms with Crippen molar-refractivity contribution in [3.05, 3.63) is 0 Å². The number of hydrogen-bond donors (Lipinski definition) is 1. The van der Waals surface area contributed by atoms with Gasteiger partial charge in [-0.15, -0.1) is 0 Å². The molecule has 13 heavy (non-hydrogen) atoms. The van der Waals surface area contributed by atoms with Crippen LogP contribution in [0.2, 0.25) is 0 Å². The van der Waals surface area contributed by atoms with Crippen molar-refractivity contribution in [3.8, 4) is 0 Å². The van der Waals surface area contributed by atoms with Gasteiger partial charge in [0.15, 0.2) is 0 Å². The Morgan fingerprint density at radius 1 is 1.38 bits per heavy atom. The molecule has 0 aromatic rings. The van der Waals surface area contributed by atoms with Crippen molar-refractivity contribution in [3.63, 3.8) is 0 Å². The van der Waals surface area contributed by atoms with Gasteiger partial charge in [-0.2, -0.15) is 0 Å². The van der Waals surface area contributed by atoms with Gasteiger partial charge in [0.1, 0.15) is 0 Å². The molecule has 0 aromatic heterocycles. The van der Waals surface area contributed by atoms with E-state index in [2.05, 4.69) is 0 Å². The number of likely N-dealkylation sites (tertiary alicyclic amines) is 1. The average Bonchev–Trinajstić information content (AvgIpc) is 2.56. The van der Waals surface area contributed by atoms with Crippen molar-refractivity contribution in [2.45, 2.75) is 19.8 Å². The molecule has 0 radical (unpaired) electrons. The summed E-state index contributed by atoms with van der Waals surface area (Å²) in [5.74, 6) is 0. The highest BCUT2D eigenvalue weighted by Crippen LogP contribution is 2.10. The van der Waals surface area contributed by atoms with Crippen LogP contribution in [0.4, 0.5) is 9.59 Å². The van der Waals surface area contributed by atoms with Gasteiger partial charge in [-0.25, -0.2) is 14.5 Å². The summed E-state index contributed by atoms with van der Waals surface area (Å²) in [5, 5.41) is 8.68. The third-order valence-electron chi connectivity index (χ3n) is 2.15. The van der Waals surface area contributed by atoms with Crippen molar-refractivity contribution >= 4 is 12.1 Å². The molecule has 0 aliphatic carbocycles. The standard InChI is InChI=1S/C8H14N2O3/c1-2-10(8(12)13)7(11)9-5-3-4-6-9/h2-6H2,1H3,(H,12,13). The van der Waals surface area contributed by atoms with Crippen molar-refractivity contribution < 1.29 is 14.7 Å². The van der Waals surface area contributed by atoms with Gasteiger partial charge >= 0.3 is 12.1 Å². The average molecular weight is 186 g/mol. The summed E-state index contributed by atoms with van der Waals surface area (Å²) < 4.78 is 0. The van der Waals surface area contributed by atoms with E-state index in [9.17, 15) is 9.59 Å². The molecule has 1 rings (SSSR count). The molecule has 1 heterocycles. The second kappa shape index (κ2) is 4.11. The molecular formula is C8H14N2O3. The Labute approximate surface area is 76.9 Å². The highest BCUT2D eigenvalue weighted by atomic mass is 16.4. The van der Waals surface area contributed by atoms with Crippen LogP contribution in [-0.4, -0.2) is 46.7 Å². The number of carbonyl (C=O) groups is 2. The molecule has 0 aromatic carbocycles. The highest BCUT2D eigenvalue weighted by molar-refractivity contribution is 5.90. The predicted octanol–water partition coefficient (Wildman–Crippen LogP) is 1.20. The van der Waals surface area contributed by atoms with Crippen LogP contribution in [-0.2, 0) is 0 Å². The van der Waals surface area contributed by atoms with Gasteiger partial charge in [-0.3, -0.25) is 0 Å². The molecular weight excluding hydrogens is 172 g/mol. The normalized spacial score (nSPS) is 15.9. The largest absolute Gasteiger partial charge is 0.465 e. The smallest absolute Gasteiger partial charge is 0.415 e. The maximum absolute atomic E-state index is 11.5. The van der Waals surface area contributed by atoms with Crippen LogP contribution in [0.3, 0.4) is 0 Å². The molecule has 1 fully saturated rings. The fraction of sp³-hybridized carbons (Fsp3) is 0.750. The van der Waals surface area contributed by atoms with Crippen molar-refractivity contribution in [2.75, 3.05) is 19.6 Å². The van der Waals surface area contributed by atoms with E-state index in [0.717, 1.165) is 17.7 Å². The van der Waals surface area contributed by atoms with E-state index >= 15 is 0 Å². The van der Waals surface area contributed by atoms with Gasteiger partial charge in [0.05, 0.1) is 0 Å². The number of hydrogen-bond acceptors (Lipinski definition) is 2. The van der Waals surface area contributed by atoms with E-state index in [1.54, 1.807) is 11.8 Å². The number of carbonyl (C=O) groups excluding carboxylic acids is 1. The van der Waals surface area contributed by atoms with Crippen LogP contribution in [0.15, 0.2) is 0 Å². The third-order valence-corrected chi connectivity index (χ3v) is 2.15. The Morgan fingerprint density at radius 2 is 1.92 bits per heavy atom. The second-order valence-electron chi connectivity index (χ2n) is 3.00. The van der Waals surface area contributed by atoms with E-state index < -0.39 is 6.09 Å². The van der Waals surface area contributed by atoms with Crippen LogP contribution in [0.25, 0.3) is 0 Å². The molecule has 5 nitrogen and oxygen atoms in total. The number of rotatable bonds is 1. The Balaban J connectivity index is 2.57. The van der Waals surface area contributed by atoms with Crippen molar-refractivity contribution in [1.29, 1.82) is 0 Å². The Hall–Kier alpha value is -1.26. The van der Waals surface area contributed by atoms with E-state index in [1.807, 2.05) is 0 Å². The van der Waals surface area contributed by atoms with Gasteiger partial charge in [0, 0.05) is 19.6 Å². The first-order valence-corrected chi connectivity index (χ1v) is 4.46. The zero-order chi connectivity index (χ0) is 9.84. The molecule has 0 bridgehead atoms. The minimum atomic E-state index is -1.17. The predicted molar refractivity (Wildman–Crippen MR) is 46.6 cm³/mol. The lowest BCUT2D eigenvalue weighted by Gasteiger charge is -2.22. The summed E-state index contributed by atoms with van der Waals surface area (Å²) in [6.45, 7) is 3.23. The first-order valence-electron chi connectivity index (χ1n) is 4.46. The molecule has 1 aliphatic heterocycles. The minimum Gasteiger partial charge on any atom is -0.465 e. The lowest BCUT2D eigenvalue weighted by atomic mass is 10.4. The van der Waals surface area contributed by atoms with E-state index in [-0.39, 0.29) is 12.6 Å². The summed E-state index contributed by atoms with van der Waals surface area (Å²) in [7, 11) is 0. The van der Waals surface area contributed by atoms with Gasteiger partial charge in [0.2, 0.25) is 0 Å². The minimum absolute atomic E-state index is 0.213. The first-order chi connectivity index (χ1) is 6.16. The quantitative estimate of drug-likeness (QED) is 0.669. The van der Waals surface area contributed by atoms with Gasteiger partial charge < -0.3 is 10.0 Å². The molecule has 3 amide bonds. The topological polar surface area (TPSA) is 60.9 Å². The lowest BCUT2D eigenvalue weighted by molar-refractivity contribution is 0.135. The molecule has 5 heteroatoms. The summed E-state index contributed by atoms with van der Waals surface area (Å²) in [6.07, 6.45) is 0.783. The molecule has 0 unspecified atom stereocenters. The molecule has 1 saturated heterocycles. The molecule has 1 N–H and O–H groups in total. The number of urea groups is 1. The number of imide groups is 1. The zero-order valence-electron chi connectivity index (χ0n) is 7.69. The molecule has 1 aliphatic rings. The number of amides is 3. The summed E-state index contributed by atoms with van der Waals surface area (Å²) in [6, 6.07) is -0.382. The zero-order valence-corrected chi connectivity index (χ0v) is 7.69. The fourth-order valence-electron chi connectivity index (χ4n) is 1.43. The Kier molecular flexibility index (Phi) is 3.11.